The zero-order chi connectivity index (χ0) is 21.5. The van der Waals surface area contributed by atoms with Crippen molar-refractivity contribution in [2.75, 3.05) is 40.5 Å². The number of benzene rings is 1. The van der Waals surface area contributed by atoms with Crippen LogP contribution in [0.15, 0.2) is 36.5 Å². The monoisotopic (exact) mass is 432 g/mol. The van der Waals surface area contributed by atoms with Crippen molar-refractivity contribution in [1.29, 1.82) is 0 Å². The number of nitrogens with zero attached hydrogens (tertiary/aromatic N) is 2. The maximum Gasteiger partial charge on any atom is 0.246 e. The molecular weight excluding hydrogens is 408 g/mol. The molecule has 160 valence electrons. The zero-order valence-corrected chi connectivity index (χ0v) is 18.0. The number of aryl methyl sites for hydroxylation is 1. The number of pyridine rings is 1. The highest BCUT2D eigenvalue weighted by atomic mass is 35.5. The summed E-state index contributed by atoms with van der Waals surface area (Å²) in [5, 5.41) is 0.390. The van der Waals surface area contributed by atoms with Gasteiger partial charge in [-0.2, -0.15) is 0 Å². The lowest BCUT2D eigenvalue weighted by molar-refractivity contribution is -0.134. The predicted molar refractivity (Wildman–Crippen MR) is 114 cm³/mol. The van der Waals surface area contributed by atoms with Crippen LogP contribution in [0.3, 0.4) is 0 Å². The molecule has 7 nitrogen and oxygen atoms in total. The standard InChI is InChI=1S/C22H25ClN2O5/c1-15-4-7-17(12-24-15)30-14-18-13-25(10-11-29-18)20(26)9-6-16-5-8-19(27-2)22(28-3)21(16)23/h4-9,12,18H,10-11,13-14H2,1-3H3. The molecule has 2 heterocycles. The van der Waals surface area contributed by atoms with Crippen LogP contribution in [0.1, 0.15) is 11.3 Å². The molecule has 8 heteroatoms. The van der Waals surface area contributed by atoms with E-state index >= 15 is 0 Å². The van der Waals surface area contributed by atoms with E-state index in [9.17, 15) is 4.79 Å². The maximum atomic E-state index is 12.7. The van der Waals surface area contributed by atoms with Gasteiger partial charge in [0.25, 0.3) is 0 Å². The molecular formula is C22H25ClN2O5. The molecule has 1 fully saturated rings. The topological polar surface area (TPSA) is 70.1 Å². The van der Waals surface area contributed by atoms with Crippen LogP contribution in [0.5, 0.6) is 17.2 Å². The molecule has 1 amide bonds. The Morgan fingerprint density at radius 2 is 2.13 bits per heavy atom. The van der Waals surface area contributed by atoms with E-state index in [1.807, 2.05) is 19.1 Å². The normalized spacial score (nSPS) is 16.5. The summed E-state index contributed by atoms with van der Waals surface area (Å²) in [5.74, 6) is 1.52. The van der Waals surface area contributed by atoms with Crippen LogP contribution in [-0.2, 0) is 9.53 Å². The number of hydrogen-bond acceptors (Lipinski definition) is 6. The Balaban J connectivity index is 1.59. The first-order chi connectivity index (χ1) is 14.5. The molecule has 1 saturated heterocycles. The van der Waals surface area contributed by atoms with Crippen LogP contribution in [0, 0.1) is 6.92 Å². The third-order valence-corrected chi connectivity index (χ3v) is 5.08. The van der Waals surface area contributed by atoms with Gasteiger partial charge in [-0.15, -0.1) is 0 Å². The minimum Gasteiger partial charge on any atom is -0.493 e. The molecule has 0 aliphatic carbocycles. The SMILES string of the molecule is COc1ccc(C=CC(=O)N2CCOC(COc3ccc(C)nc3)C2)c(Cl)c1OC. The predicted octanol–water partition coefficient (Wildman–Crippen LogP) is 3.38. The lowest BCUT2D eigenvalue weighted by Gasteiger charge is -2.32. The van der Waals surface area contributed by atoms with Gasteiger partial charge < -0.3 is 23.8 Å². The summed E-state index contributed by atoms with van der Waals surface area (Å²) in [6.45, 7) is 3.68. The van der Waals surface area contributed by atoms with Gasteiger partial charge in [0.1, 0.15) is 18.5 Å². The fourth-order valence-corrected chi connectivity index (χ4v) is 3.35. The fourth-order valence-electron chi connectivity index (χ4n) is 3.05. The van der Waals surface area contributed by atoms with Crippen LogP contribution in [0.2, 0.25) is 5.02 Å². The van der Waals surface area contributed by atoms with Crippen molar-refractivity contribution in [1.82, 2.24) is 9.88 Å². The quantitative estimate of drug-likeness (QED) is 0.625. The first-order valence-corrected chi connectivity index (χ1v) is 9.94. The second-order valence-electron chi connectivity index (χ2n) is 6.76. The molecule has 2 aromatic rings. The molecule has 1 aliphatic heterocycles. The summed E-state index contributed by atoms with van der Waals surface area (Å²) in [4.78, 5) is 18.6. The number of hydrogen-bond donors (Lipinski definition) is 0. The second kappa shape index (κ2) is 10.3. The fraction of sp³-hybridized carbons (Fsp3) is 0.364. The molecule has 0 radical (unpaired) electrons. The van der Waals surface area contributed by atoms with Crippen molar-refractivity contribution >= 4 is 23.6 Å². The molecule has 0 saturated carbocycles. The number of carbonyl (C=O) groups is 1. The molecule has 3 rings (SSSR count). The molecule has 1 aromatic heterocycles. The van der Waals surface area contributed by atoms with Crippen LogP contribution in [0.4, 0.5) is 0 Å². The Labute approximate surface area is 181 Å². The number of ether oxygens (including phenoxy) is 4. The Morgan fingerprint density at radius 3 is 2.83 bits per heavy atom. The molecule has 1 atom stereocenters. The number of carbonyl (C=O) groups excluding carboxylic acids is 1. The number of methoxy groups -OCH3 is 2. The van der Waals surface area contributed by atoms with Crippen LogP contribution < -0.4 is 14.2 Å². The minimum absolute atomic E-state index is 0.119. The molecule has 1 aliphatic rings. The van der Waals surface area contributed by atoms with E-state index in [0.29, 0.717) is 54.1 Å². The number of amides is 1. The van der Waals surface area contributed by atoms with Crippen LogP contribution >= 0.6 is 11.6 Å². The minimum atomic E-state index is -0.206. The van der Waals surface area contributed by atoms with E-state index in [-0.39, 0.29) is 12.0 Å². The van der Waals surface area contributed by atoms with E-state index in [1.54, 1.807) is 36.4 Å². The zero-order valence-electron chi connectivity index (χ0n) is 17.3. The molecule has 0 spiro atoms. The molecule has 1 unspecified atom stereocenters. The highest BCUT2D eigenvalue weighted by molar-refractivity contribution is 6.33. The first kappa shape index (κ1) is 21.9. The highest BCUT2D eigenvalue weighted by Crippen LogP contribution is 2.37. The second-order valence-corrected chi connectivity index (χ2v) is 7.14. The lowest BCUT2D eigenvalue weighted by Crippen LogP contribution is -2.47. The maximum absolute atomic E-state index is 12.7. The van der Waals surface area contributed by atoms with E-state index in [4.69, 9.17) is 30.5 Å². The van der Waals surface area contributed by atoms with Gasteiger partial charge in [0.2, 0.25) is 5.91 Å². The Morgan fingerprint density at radius 1 is 1.30 bits per heavy atom. The Hall–Kier alpha value is -2.77. The van der Waals surface area contributed by atoms with Gasteiger partial charge in [-0.05, 0) is 42.8 Å². The molecule has 30 heavy (non-hydrogen) atoms. The third kappa shape index (κ3) is 5.43. The van der Waals surface area contributed by atoms with Gasteiger partial charge in [0.15, 0.2) is 11.5 Å². The summed E-state index contributed by atoms with van der Waals surface area (Å²) in [7, 11) is 3.06. The van der Waals surface area contributed by atoms with Crippen LogP contribution in [0.25, 0.3) is 6.08 Å². The van der Waals surface area contributed by atoms with Gasteiger partial charge in [-0.1, -0.05) is 11.6 Å². The van der Waals surface area contributed by atoms with E-state index in [0.717, 1.165) is 5.69 Å². The van der Waals surface area contributed by atoms with Crippen molar-refractivity contribution in [3.05, 3.63) is 52.8 Å². The van der Waals surface area contributed by atoms with Gasteiger partial charge in [-0.25, -0.2) is 0 Å². The highest BCUT2D eigenvalue weighted by Gasteiger charge is 2.23. The van der Waals surface area contributed by atoms with Crippen LogP contribution in [-0.4, -0.2) is 62.4 Å². The summed E-state index contributed by atoms with van der Waals surface area (Å²) in [6.07, 6.45) is 4.64. The summed E-state index contributed by atoms with van der Waals surface area (Å²) in [5.41, 5.74) is 1.59. The summed E-state index contributed by atoms with van der Waals surface area (Å²) < 4.78 is 22.0. The van der Waals surface area contributed by atoms with Crippen molar-refractivity contribution in [3.63, 3.8) is 0 Å². The molecule has 0 bridgehead atoms. The average Bonchev–Trinajstić information content (AvgIpc) is 2.77. The molecule has 0 N–H and O–H groups in total. The number of morpholine rings is 1. The summed E-state index contributed by atoms with van der Waals surface area (Å²) in [6, 6.07) is 7.27. The first-order valence-electron chi connectivity index (χ1n) is 9.56. The Kier molecular flexibility index (Phi) is 7.54. The van der Waals surface area contributed by atoms with Crippen molar-refractivity contribution in [2.45, 2.75) is 13.0 Å². The number of aromatic nitrogens is 1. The summed E-state index contributed by atoms with van der Waals surface area (Å²) >= 11 is 6.37. The van der Waals surface area contributed by atoms with Gasteiger partial charge in [0.05, 0.1) is 38.6 Å². The number of halogens is 1. The van der Waals surface area contributed by atoms with Gasteiger partial charge in [0, 0.05) is 18.3 Å². The van der Waals surface area contributed by atoms with E-state index in [2.05, 4.69) is 4.98 Å². The van der Waals surface area contributed by atoms with Crippen molar-refractivity contribution < 1.29 is 23.7 Å². The largest absolute Gasteiger partial charge is 0.493 e. The smallest absolute Gasteiger partial charge is 0.246 e. The van der Waals surface area contributed by atoms with Crippen molar-refractivity contribution in [2.24, 2.45) is 0 Å². The van der Waals surface area contributed by atoms with E-state index < -0.39 is 0 Å². The van der Waals surface area contributed by atoms with Gasteiger partial charge >= 0.3 is 0 Å². The average molecular weight is 433 g/mol. The molecule has 1 aromatic carbocycles. The third-order valence-electron chi connectivity index (χ3n) is 4.69. The lowest BCUT2D eigenvalue weighted by atomic mass is 10.1. The number of rotatable bonds is 7. The van der Waals surface area contributed by atoms with E-state index in [1.165, 1.54) is 13.2 Å². The van der Waals surface area contributed by atoms with Crippen molar-refractivity contribution in [3.8, 4) is 17.2 Å². The van der Waals surface area contributed by atoms with Gasteiger partial charge in [-0.3, -0.25) is 9.78 Å². The Bertz CT molecular complexity index is 901.